The van der Waals surface area contributed by atoms with Crippen molar-refractivity contribution in [3.8, 4) is 17.2 Å². The number of rotatable bonds is 5. The van der Waals surface area contributed by atoms with Gasteiger partial charge in [0.15, 0.2) is 11.5 Å². The van der Waals surface area contributed by atoms with Gasteiger partial charge in [0.2, 0.25) is 6.79 Å². The van der Waals surface area contributed by atoms with E-state index in [1.165, 1.54) is 0 Å². The topological polar surface area (TPSA) is 95.1 Å². The molecule has 0 aliphatic carbocycles. The molecular formula is C21H20N2O6. The number of esters is 1. The lowest BCUT2D eigenvalue weighted by Gasteiger charge is -2.29. The monoisotopic (exact) mass is 396 g/mol. The molecular weight excluding hydrogens is 376 g/mol. The number of methoxy groups -OCH3 is 1. The van der Waals surface area contributed by atoms with Crippen molar-refractivity contribution in [1.29, 1.82) is 0 Å². The molecule has 0 saturated carbocycles. The molecule has 4 rings (SSSR count). The molecule has 0 spiro atoms. The third-order valence-corrected chi connectivity index (χ3v) is 4.68. The Morgan fingerprint density at radius 2 is 1.90 bits per heavy atom. The third kappa shape index (κ3) is 3.56. The molecule has 1 atom stereocenters. The second-order valence-corrected chi connectivity index (χ2v) is 6.38. The highest BCUT2D eigenvalue weighted by Crippen LogP contribution is 2.38. The molecule has 2 heterocycles. The lowest BCUT2D eigenvalue weighted by atomic mass is 9.92. The number of benzene rings is 2. The van der Waals surface area contributed by atoms with Gasteiger partial charge >= 0.3 is 12.0 Å². The molecule has 0 bridgehead atoms. The molecule has 0 fully saturated rings. The van der Waals surface area contributed by atoms with E-state index in [1.807, 2.05) is 0 Å². The second kappa shape index (κ2) is 7.75. The Morgan fingerprint density at radius 1 is 1.14 bits per heavy atom. The van der Waals surface area contributed by atoms with Gasteiger partial charge in [-0.25, -0.2) is 9.59 Å². The van der Waals surface area contributed by atoms with Crippen molar-refractivity contribution in [2.75, 3.05) is 20.5 Å². The van der Waals surface area contributed by atoms with E-state index in [1.54, 1.807) is 56.5 Å². The van der Waals surface area contributed by atoms with Crippen LogP contribution in [-0.2, 0) is 9.53 Å². The van der Waals surface area contributed by atoms with Crippen LogP contribution in [0.1, 0.15) is 24.1 Å². The number of urea groups is 1. The predicted molar refractivity (Wildman–Crippen MR) is 104 cm³/mol. The van der Waals surface area contributed by atoms with Crippen molar-refractivity contribution >= 4 is 17.7 Å². The zero-order valence-corrected chi connectivity index (χ0v) is 16.0. The normalized spacial score (nSPS) is 17.4. The van der Waals surface area contributed by atoms with Gasteiger partial charge in [-0.15, -0.1) is 0 Å². The van der Waals surface area contributed by atoms with Gasteiger partial charge in [0.25, 0.3) is 0 Å². The van der Waals surface area contributed by atoms with E-state index in [0.717, 1.165) is 0 Å². The minimum Gasteiger partial charge on any atom is -0.497 e. The summed E-state index contributed by atoms with van der Waals surface area (Å²) in [5.41, 5.74) is 2.03. The van der Waals surface area contributed by atoms with Crippen LogP contribution in [0.3, 0.4) is 0 Å². The number of hydrogen-bond acceptors (Lipinski definition) is 6. The summed E-state index contributed by atoms with van der Waals surface area (Å²) in [4.78, 5) is 25.3. The third-order valence-electron chi connectivity index (χ3n) is 4.68. The van der Waals surface area contributed by atoms with Crippen molar-refractivity contribution in [3.63, 3.8) is 0 Å². The standard InChI is InChI=1S/C21H20N2O6/c1-3-27-20(24)17-18(12-4-7-14(26-2)8-5-12)22-21(25)23-19(17)13-6-9-15-16(10-13)29-11-28-15/h4-10,19H,3,11H2,1-2H3,(H2,22,23,25). The fraction of sp³-hybridized carbons (Fsp3) is 0.238. The largest absolute Gasteiger partial charge is 0.497 e. The molecule has 2 aliphatic heterocycles. The first-order valence-electron chi connectivity index (χ1n) is 9.13. The van der Waals surface area contributed by atoms with Gasteiger partial charge in [-0.3, -0.25) is 0 Å². The van der Waals surface area contributed by atoms with Crippen LogP contribution >= 0.6 is 0 Å². The number of carbonyl (C=O) groups excluding carboxylic acids is 2. The first-order valence-corrected chi connectivity index (χ1v) is 9.13. The van der Waals surface area contributed by atoms with Gasteiger partial charge in [-0.2, -0.15) is 0 Å². The summed E-state index contributed by atoms with van der Waals surface area (Å²) in [5.74, 6) is 1.32. The average molecular weight is 396 g/mol. The van der Waals surface area contributed by atoms with Crippen molar-refractivity contribution < 1.29 is 28.5 Å². The number of fused-ring (bicyclic) bond motifs is 1. The van der Waals surface area contributed by atoms with Crippen LogP contribution in [0.5, 0.6) is 17.2 Å². The Labute approximate surface area is 167 Å². The fourth-order valence-electron chi connectivity index (χ4n) is 3.32. The van der Waals surface area contributed by atoms with E-state index >= 15 is 0 Å². The first-order chi connectivity index (χ1) is 14.1. The molecule has 8 heteroatoms. The second-order valence-electron chi connectivity index (χ2n) is 6.38. The van der Waals surface area contributed by atoms with Gasteiger partial charge in [0, 0.05) is 0 Å². The van der Waals surface area contributed by atoms with Gasteiger partial charge in [0.05, 0.1) is 31.0 Å². The molecule has 2 aromatic carbocycles. The highest BCUT2D eigenvalue weighted by Gasteiger charge is 2.35. The Kier molecular flexibility index (Phi) is 4.99. The maximum atomic E-state index is 12.9. The van der Waals surface area contributed by atoms with Crippen molar-refractivity contribution in [1.82, 2.24) is 10.6 Å². The lowest BCUT2D eigenvalue weighted by molar-refractivity contribution is -0.138. The van der Waals surface area contributed by atoms with Gasteiger partial charge in [0.1, 0.15) is 5.75 Å². The molecule has 150 valence electrons. The van der Waals surface area contributed by atoms with Crippen LogP contribution in [0, 0.1) is 0 Å². The highest BCUT2D eigenvalue weighted by molar-refractivity contribution is 6.04. The summed E-state index contributed by atoms with van der Waals surface area (Å²) >= 11 is 0. The molecule has 0 saturated heterocycles. The zero-order valence-electron chi connectivity index (χ0n) is 16.0. The minimum absolute atomic E-state index is 0.134. The van der Waals surface area contributed by atoms with E-state index in [0.29, 0.717) is 39.6 Å². The van der Waals surface area contributed by atoms with Crippen molar-refractivity contribution in [3.05, 3.63) is 59.2 Å². The fourth-order valence-corrected chi connectivity index (χ4v) is 3.32. The van der Waals surface area contributed by atoms with Crippen LogP contribution in [0.4, 0.5) is 4.79 Å². The lowest BCUT2D eigenvalue weighted by Crippen LogP contribution is -2.45. The van der Waals surface area contributed by atoms with Crippen LogP contribution in [-0.4, -0.2) is 32.5 Å². The Hall–Kier alpha value is -3.68. The van der Waals surface area contributed by atoms with E-state index < -0.39 is 18.0 Å². The number of ether oxygens (including phenoxy) is 4. The predicted octanol–water partition coefficient (Wildman–Crippen LogP) is 2.75. The highest BCUT2D eigenvalue weighted by atomic mass is 16.7. The molecule has 2 aliphatic rings. The van der Waals surface area contributed by atoms with Gasteiger partial charge < -0.3 is 29.6 Å². The smallest absolute Gasteiger partial charge is 0.338 e. The van der Waals surface area contributed by atoms with Crippen LogP contribution in [0.25, 0.3) is 5.70 Å². The summed E-state index contributed by atoms with van der Waals surface area (Å²) in [5, 5.41) is 5.55. The molecule has 2 N–H and O–H groups in total. The Balaban J connectivity index is 1.83. The van der Waals surface area contributed by atoms with E-state index in [-0.39, 0.29) is 13.4 Å². The van der Waals surface area contributed by atoms with E-state index in [9.17, 15) is 9.59 Å². The maximum Gasteiger partial charge on any atom is 0.338 e. The molecule has 0 aromatic heterocycles. The number of nitrogens with one attached hydrogen (secondary N) is 2. The summed E-state index contributed by atoms with van der Waals surface area (Å²) in [7, 11) is 1.57. The summed E-state index contributed by atoms with van der Waals surface area (Å²) < 4.78 is 21.3. The van der Waals surface area contributed by atoms with Gasteiger partial charge in [-0.1, -0.05) is 6.07 Å². The number of carbonyl (C=O) groups is 2. The van der Waals surface area contributed by atoms with Crippen LogP contribution in [0.2, 0.25) is 0 Å². The number of hydrogen-bond donors (Lipinski definition) is 2. The van der Waals surface area contributed by atoms with E-state index in [2.05, 4.69) is 10.6 Å². The molecule has 8 nitrogen and oxygen atoms in total. The zero-order chi connectivity index (χ0) is 20.4. The maximum absolute atomic E-state index is 12.9. The Bertz CT molecular complexity index is 983. The molecule has 1 unspecified atom stereocenters. The minimum atomic E-state index is -0.714. The summed E-state index contributed by atoms with van der Waals surface area (Å²) in [6.45, 7) is 2.07. The van der Waals surface area contributed by atoms with Crippen molar-refractivity contribution in [2.24, 2.45) is 0 Å². The molecule has 0 radical (unpaired) electrons. The van der Waals surface area contributed by atoms with Crippen molar-refractivity contribution in [2.45, 2.75) is 13.0 Å². The van der Waals surface area contributed by atoms with Gasteiger partial charge in [-0.05, 0) is 54.4 Å². The molecule has 29 heavy (non-hydrogen) atoms. The molecule has 2 aromatic rings. The first kappa shape index (κ1) is 18.7. The number of amides is 2. The Morgan fingerprint density at radius 3 is 2.62 bits per heavy atom. The SMILES string of the molecule is CCOC(=O)C1=C(c2ccc(OC)cc2)NC(=O)NC1c1ccc2c(c1)OCO2. The summed E-state index contributed by atoms with van der Waals surface area (Å²) in [6.07, 6.45) is 0. The van der Waals surface area contributed by atoms with Crippen LogP contribution < -0.4 is 24.8 Å². The quantitative estimate of drug-likeness (QED) is 0.755. The summed E-state index contributed by atoms with van der Waals surface area (Å²) in [6, 6.07) is 11.2. The molecule has 2 amide bonds. The van der Waals surface area contributed by atoms with E-state index in [4.69, 9.17) is 18.9 Å². The van der Waals surface area contributed by atoms with Crippen LogP contribution in [0.15, 0.2) is 48.0 Å². The average Bonchev–Trinajstić information content (AvgIpc) is 3.21.